The zero-order valence-corrected chi connectivity index (χ0v) is 7.82. The molecule has 0 N–H and O–H groups in total. The van der Waals surface area contributed by atoms with Crippen molar-refractivity contribution in [1.29, 1.82) is 0 Å². The molecule has 1 amide bonds. The van der Waals surface area contributed by atoms with Gasteiger partial charge in [-0.3, -0.25) is 9.69 Å². The molecule has 0 aromatic carbocycles. The van der Waals surface area contributed by atoms with Crippen molar-refractivity contribution in [3.8, 4) is 0 Å². The summed E-state index contributed by atoms with van der Waals surface area (Å²) in [7, 11) is 0. The zero-order valence-electron chi connectivity index (χ0n) is 7.82. The van der Waals surface area contributed by atoms with Gasteiger partial charge in [-0.15, -0.1) is 0 Å². The number of hydrogen-bond donors (Lipinski definition) is 0. The Hall–Kier alpha value is -1.38. The summed E-state index contributed by atoms with van der Waals surface area (Å²) in [4.78, 5) is 17.3. The largest absolute Gasteiger partial charge is 0.294 e. The molecule has 1 aliphatic rings. The Morgan fingerprint density at radius 1 is 1.69 bits per heavy atom. The number of aromatic nitrogens is 1. The van der Waals surface area contributed by atoms with Gasteiger partial charge in [-0.2, -0.15) is 0 Å². The summed E-state index contributed by atoms with van der Waals surface area (Å²) >= 11 is 0. The van der Waals surface area contributed by atoms with E-state index in [-0.39, 0.29) is 11.9 Å². The number of fused-ring (bicyclic) bond motifs is 1. The Morgan fingerprint density at radius 3 is 3.15 bits per heavy atom. The first kappa shape index (κ1) is 8.23. The van der Waals surface area contributed by atoms with Crippen LogP contribution in [0.5, 0.6) is 0 Å². The number of carbonyl (C=O) groups excluding carboxylic acids is 1. The lowest BCUT2D eigenvalue weighted by Gasteiger charge is -2.19. The van der Waals surface area contributed by atoms with Gasteiger partial charge in [0, 0.05) is 19.2 Å². The van der Waals surface area contributed by atoms with Crippen LogP contribution in [-0.4, -0.2) is 16.9 Å². The van der Waals surface area contributed by atoms with E-state index in [1.807, 2.05) is 19.1 Å². The van der Waals surface area contributed by atoms with Crippen molar-refractivity contribution in [2.45, 2.75) is 26.3 Å². The number of carbonyl (C=O) groups is 1. The Balaban J connectivity index is 2.46. The van der Waals surface area contributed by atoms with Crippen LogP contribution in [0.1, 0.15) is 19.4 Å². The SMILES string of the molecule is CC(=O)N1c2ncccc2CC1C. The lowest BCUT2D eigenvalue weighted by molar-refractivity contribution is -0.116. The quantitative estimate of drug-likeness (QED) is 0.598. The van der Waals surface area contributed by atoms with Crippen LogP contribution in [0.4, 0.5) is 5.82 Å². The minimum atomic E-state index is 0.0740. The van der Waals surface area contributed by atoms with Crippen LogP contribution in [-0.2, 0) is 11.2 Å². The molecular weight excluding hydrogens is 164 g/mol. The molecule has 0 saturated heterocycles. The predicted octanol–water partition coefficient (Wildman–Crippen LogP) is 1.38. The molecule has 3 heteroatoms. The van der Waals surface area contributed by atoms with Crippen molar-refractivity contribution in [1.82, 2.24) is 4.98 Å². The van der Waals surface area contributed by atoms with E-state index in [0.717, 1.165) is 12.2 Å². The number of rotatable bonds is 0. The maximum Gasteiger partial charge on any atom is 0.225 e. The molecule has 1 unspecified atom stereocenters. The second-order valence-corrected chi connectivity index (χ2v) is 3.43. The fraction of sp³-hybridized carbons (Fsp3) is 0.400. The molecule has 1 aliphatic heterocycles. The smallest absolute Gasteiger partial charge is 0.225 e. The second-order valence-electron chi connectivity index (χ2n) is 3.43. The third-order valence-corrected chi connectivity index (χ3v) is 2.39. The van der Waals surface area contributed by atoms with Gasteiger partial charge in [-0.05, 0) is 25.0 Å². The standard InChI is InChI=1S/C10H12N2O/c1-7-6-9-4-3-5-11-10(9)12(7)8(2)13/h3-5,7H,6H2,1-2H3. The zero-order chi connectivity index (χ0) is 9.42. The number of amides is 1. The van der Waals surface area contributed by atoms with Crippen LogP contribution in [0.2, 0.25) is 0 Å². The third-order valence-electron chi connectivity index (χ3n) is 2.39. The molecule has 0 spiro atoms. The molecule has 1 aromatic heterocycles. The third kappa shape index (κ3) is 1.20. The number of anilines is 1. The summed E-state index contributed by atoms with van der Waals surface area (Å²) in [6.07, 6.45) is 2.65. The maximum absolute atomic E-state index is 11.3. The average Bonchev–Trinajstić information content (AvgIpc) is 2.39. The van der Waals surface area contributed by atoms with E-state index in [0.29, 0.717) is 0 Å². The maximum atomic E-state index is 11.3. The fourth-order valence-corrected chi connectivity index (χ4v) is 1.88. The molecule has 0 fully saturated rings. The molecule has 13 heavy (non-hydrogen) atoms. The molecule has 2 heterocycles. The molecule has 0 bridgehead atoms. The molecule has 1 aromatic rings. The molecule has 0 saturated carbocycles. The van der Waals surface area contributed by atoms with Gasteiger partial charge in [0.2, 0.25) is 5.91 Å². The van der Waals surface area contributed by atoms with Gasteiger partial charge in [0.1, 0.15) is 5.82 Å². The number of pyridine rings is 1. The molecule has 1 atom stereocenters. The minimum Gasteiger partial charge on any atom is -0.294 e. The molecule has 0 aliphatic carbocycles. The molecule has 2 rings (SSSR count). The van der Waals surface area contributed by atoms with Crippen molar-refractivity contribution in [3.05, 3.63) is 23.9 Å². The lowest BCUT2D eigenvalue weighted by Crippen LogP contribution is -2.34. The second kappa shape index (κ2) is 2.83. The van der Waals surface area contributed by atoms with Crippen molar-refractivity contribution >= 4 is 11.7 Å². The Labute approximate surface area is 77.4 Å². The molecule has 68 valence electrons. The first-order valence-corrected chi connectivity index (χ1v) is 4.44. The van der Waals surface area contributed by atoms with Crippen LogP contribution in [0.25, 0.3) is 0 Å². The van der Waals surface area contributed by atoms with E-state index in [1.165, 1.54) is 5.56 Å². The van der Waals surface area contributed by atoms with Crippen molar-refractivity contribution < 1.29 is 4.79 Å². The van der Waals surface area contributed by atoms with E-state index < -0.39 is 0 Å². The number of hydrogen-bond acceptors (Lipinski definition) is 2. The fourth-order valence-electron chi connectivity index (χ4n) is 1.88. The van der Waals surface area contributed by atoms with E-state index in [2.05, 4.69) is 4.98 Å². The van der Waals surface area contributed by atoms with Crippen molar-refractivity contribution in [3.63, 3.8) is 0 Å². The van der Waals surface area contributed by atoms with Crippen molar-refractivity contribution in [2.24, 2.45) is 0 Å². The van der Waals surface area contributed by atoms with Gasteiger partial charge in [-0.1, -0.05) is 6.07 Å². The normalized spacial score (nSPS) is 20.2. The van der Waals surface area contributed by atoms with Gasteiger partial charge in [0.05, 0.1) is 0 Å². The topological polar surface area (TPSA) is 33.2 Å². The monoisotopic (exact) mass is 176 g/mol. The highest BCUT2D eigenvalue weighted by Crippen LogP contribution is 2.29. The van der Waals surface area contributed by atoms with Crippen LogP contribution in [0.3, 0.4) is 0 Å². The minimum absolute atomic E-state index is 0.0740. The average molecular weight is 176 g/mol. The summed E-state index contributed by atoms with van der Waals surface area (Å²) in [6.45, 7) is 3.63. The summed E-state index contributed by atoms with van der Waals surface area (Å²) in [5.41, 5.74) is 1.17. The van der Waals surface area contributed by atoms with Crippen molar-refractivity contribution in [2.75, 3.05) is 4.90 Å². The predicted molar refractivity (Wildman–Crippen MR) is 50.6 cm³/mol. The van der Waals surface area contributed by atoms with Crippen LogP contribution in [0.15, 0.2) is 18.3 Å². The Morgan fingerprint density at radius 2 is 2.46 bits per heavy atom. The van der Waals surface area contributed by atoms with Gasteiger partial charge in [0.15, 0.2) is 0 Å². The van der Waals surface area contributed by atoms with Crippen LogP contribution in [0, 0.1) is 0 Å². The summed E-state index contributed by atoms with van der Waals surface area (Å²) in [5, 5.41) is 0. The summed E-state index contributed by atoms with van der Waals surface area (Å²) < 4.78 is 0. The van der Waals surface area contributed by atoms with E-state index in [1.54, 1.807) is 18.0 Å². The highest BCUT2D eigenvalue weighted by atomic mass is 16.2. The molecule has 3 nitrogen and oxygen atoms in total. The van der Waals surface area contributed by atoms with Crippen LogP contribution >= 0.6 is 0 Å². The van der Waals surface area contributed by atoms with Crippen LogP contribution < -0.4 is 4.90 Å². The van der Waals surface area contributed by atoms with E-state index >= 15 is 0 Å². The Bertz CT molecular complexity index is 349. The highest BCUT2D eigenvalue weighted by molar-refractivity contribution is 5.93. The van der Waals surface area contributed by atoms with Gasteiger partial charge < -0.3 is 0 Å². The molecular formula is C10H12N2O. The van der Waals surface area contributed by atoms with Gasteiger partial charge >= 0.3 is 0 Å². The van der Waals surface area contributed by atoms with E-state index in [9.17, 15) is 4.79 Å². The first-order chi connectivity index (χ1) is 6.20. The lowest BCUT2D eigenvalue weighted by atomic mass is 10.2. The van der Waals surface area contributed by atoms with E-state index in [4.69, 9.17) is 0 Å². The highest BCUT2D eigenvalue weighted by Gasteiger charge is 2.29. The first-order valence-electron chi connectivity index (χ1n) is 4.44. The Kier molecular flexibility index (Phi) is 1.79. The molecule has 0 radical (unpaired) electrons. The summed E-state index contributed by atoms with van der Waals surface area (Å²) in [5.74, 6) is 0.910. The summed E-state index contributed by atoms with van der Waals surface area (Å²) in [6, 6.07) is 4.19. The number of nitrogens with zero attached hydrogens (tertiary/aromatic N) is 2. The van der Waals surface area contributed by atoms with Gasteiger partial charge in [0.25, 0.3) is 0 Å². The van der Waals surface area contributed by atoms with Gasteiger partial charge in [-0.25, -0.2) is 4.98 Å².